The van der Waals surface area contributed by atoms with Crippen LogP contribution >= 0.6 is 0 Å². The molecule has 0 amide bonds. The zero-order chi connectivity index (χ0) is 14.4. The number of rotatable bonds is 9. The van der Waals surface area contributed by atoms with Gasteiger partial charge in [0, 0.05) is 31.0 Å². The molecule has 4 nitrogen and oxygen atoms in total. The molecule has 114 valence electrons. The summed E-state index contributed by atoms with van der Waals surface area (Å²) in [5.41, 5.74) is 1.33. The maximum atomic E-state index is 5.66. The van der Waals surface area contributed by atoms with Crippen molar-refractivity contribution in [3.05, 3.63) is 18.0 Å². The molecule has 1 aromatic heterocycles. The van der Waals surface area contributed by atoms with Gasteiger partial charge in [-0.2, -0.15) is 5.10 Å². The zero-order valence-electron chi connectivity index (χ0n) is 13.1. The summed E-state index contributed by atoms with van der Waals surface area (Å²) >= 11 is 0. The fraction of sp³-hybridized carbons (Fsp3) is 0.812. The van der Waals surface area contributed by atoms with Crippen LogP contribution in [0.4, 0.5) is 0 Å². The Morgan fingerprint density at radius 3 is 2.80 bits per heavy atom. The SMILES string of the molecule is CCCNC(CC1CC(OCC)C1)c1cnn(CC)c1. The minimum absolute atomic E-state index is 0.447. The van der Waals surface area contributed by atoms with Gasteiger partial charge in [0.15, 0.2) is 0 Å². The van der Waals surface area contributed by atoms with Gasteiger partial charge >= 0.3 is 0 Å². The third-order valence-electron chi connectivity index (χ3n) is 4.18. The molecule has 1 N–H and O–H groups in total. The molecular formula is C16H29N3O. The lowest BCUT2D eigenvalue weighted by Gasteiger charge is -2.37. The van der Waals surface area contributed by atoms with Crippen LogP contribution < -0.4 is 5.32 Å². The second kappa shape index (κ2) is 7.79. The van der Waals surface area contributed by atoms with E-state index in [2.05, 4.69) is 37.4 Å². The van der Waals surface area contributed by atoms with E-state index in [1.165, 1.54) is 31.2 Å². The summed E-state index contributed by atoms with van der Waals surface area (Å²) in [7, 11) is 0. The third kappa shape index (κ3) is 4.06. The molecule has 0 aromatic carbocycles. The van der Waals surface area contributed by atoms with Crippen LogP contribution in [-0.4, -0.2) is 29.0 Å². The van der Waals surface area contributed by atoms with Gasteiger partial charge in [-0.3, -0.25) is 4.68 Å². The van der Waals surface area contributed by atoms with Crippen molar-refractivity contribution in [2.24, 2.45) is 5.92 Å². The van der Waals surface area contributed by atoms with Crippen molar-refractivity contribution >= 4 is 0 Å². The van der Waals surface area contributed by atoms with Crippen LogP contribution in [0.2, 0.25) is 0 Å². The Labute approximate surface area is 122 Å². The Morgan fingerprint density at radius 2 is 2.20 bits per heavy atom. The van der Waals surface area contributed by atoms with Crippen LogP contribution in [0.1, 0.15) is 58.1 Å². The lowest BCUT2D eigenvalue weighted by Crippen LogP contribution is -2.35. The number of ether oxygens (including phenoxy) is 1. The van der Waals surface area contributed by atoms with Gasteiger partial charge in [0.05, 0.1) is 12.3 Å². The van der Waals surface area contributed by atoms with Gasteiger partial charge in [-0.05, 0) is 52.0 Å². The molecule has 4 heteroatoms. The van der Waals surface area contributed by atoms with Gasteiger partial charge in [0.1, 0.15) is 0 Å². The highest BCUT2D eigenvalue weighted by Gasteiger charge is 2.31. The molecule has 0 radical (unpaired) electrons. The molecule has 0 aliphatic heterocycles. The summed E-state index contributed by atoms with van der Waals surface area (Å²) < 4.78 is 7.67. The van der Waals surface area contributed by atoms with Crippen LogP contribution in [0, 0.1) is 5.92 Å². The van der Waals surface area contributed by atoms with Crippen LogP contribution in [0.25, 0.3) is 0 Å². The number of nitrogens with zero attached hydrogens (tertiary/aromatic N) is 2. The minimum atomic E-state index is 0.447. The van der Waals surface area contributed by atoms with E-state index in [9.17, 15) is 0 Å². The molecule has 1 aliphatic rings. The predicted octanol–water partition coefficient (Wildman–Crippen LogP) is 3.15. The maximum absolute atomic E-state index is 5.66. The average molecular weight is 279 g/mol. The molecule has 0 spiro atoms. The molecule has 0 saturated heterocycles. The number of aromatic nitrogens is 2. The molecule has 1 saturated carbocycles. The van der Waals surface area contributed by atoms with E-state index < -0.39 is 0 Å². The second-order valence-electron chi connectivity index (χ2n) is 5.79. The third-order valence-corrected chi connectivity index (χ3v) is 4.18. The predicted molar refractivity (Wildman–Crippen MR) is 81.7 cm³/mol. The number of nitrogens with one attached hydrogen (secondary N) is 1. The smallest absolute Gasteiger partial charge is 0.0580 e. The molecule has 1 unspecified atom stereocenters. The van der Waals surface area contributed by atoms with Gasteiger partial charge in [-0.25, -0.2) is 0 Å². The van der Waals surface area contributed by atoms with E-state index in [0.717, 1.165) is 25.6 Å². The first-order valence-corrected chi connectivity index (χ1v) is 8.14. The summed E-state index contributed by atoms with van der Waals surface area (Å²) in [5.74, 6) is 0.797. The average Bonchev–Trinajstić information content (AvgIpc) is 2.89. The lowest BCUT2D eigenvalue weighted by molar-refractivity contribution is -0.0291. The zero-order valence-corrected chi connectivity index (χ0v) is 13.1. The first-order chi connectivity index (χ1) is 9.76. The summed E-state index contributed by atoms with van der Waals surface area (Å²) in [4.78, 5) is 0. The Balaban J connectivity index is 1.87. The normalized spacial score (nSPS) is 23.6. The van der Waals surface area contributed by atoms with Gasteiger partial charge in [0.2, 0.25) is 0 Å². The fourth-order valence-corrected chi connectivity index (χ4v) is 2.96. The Bertz CT molecular complexity index is 385. The van der Waals surface area contributed by atoms with Crippen molar-refractivity contribution < 1.29 is 4.74 Å². The maximum Gasteiger partial charge on any atom is 0.0580 e. The quantitative estimate of drug-likeness (QED) is 0.755. The first kappa shape index (κ1) is 15.5. The van der Waals surface area contributed by atoms with Crippen molar-refractivity contribution in [3.63, 3.8) is 0 Å². The van der Waals surface area contributed by atoms with E-state index in [0.29, 0.717) is 12.1 Å². The topological polar surface area (TPSA) is 39.1 Å². The Morgan fingerprint density at radius 1 is 1.40 bits per heavy atom. The first-order valence-electron chi connectivity index (χ1n) is 8.14. The van der Waals surface area contributed by atoms with E-state index >= 15 is 0 Å². The highest BCUT2D eigenvalue weighted by Crippen LogP contribution is 2.36. The highest BCUT2D eigenvalue weighted by atomic mass is 16.5. The van der Waals surface area contributed by atoms with E-state index in [1.54, 1.807) is 0 Å². The minimum Gasteiger partial charge on any atom is -0.378 e. The summed E-state index contributed by atoms with van der Waals surface area (Å²) in [6.45, 7) is 9.29. The second-order valence-corrected chi connectivity index (χ2v) is 5.79. The van der Waals surface area contributed by atoms with Crippen molar-refractivity contribution in [1.82, 2.24) is 15.1 Å². The van der Waals surface area contributed by atoms with E-state index in [-0.39, 0.29) is 0 Å². The van der Waals surface area contributed by atoms with Crippen LogP contribution in [0.5, 0.6) is 0 Å². The van der Waals surface area contributed by atoms with Crippen LogP contribution in [0.3, 0.4) is 0 Å². The molecule has 20 heavy (non-hydrogen) atoms. The van der Waals surface area contributed by atoms with Crippen molar-refractivity contribution in [2.45, 2.75) is 65.1 Å². The molecule has 2 rings (SSSR count). The molecule has 0 bridgehead atoms. The monoisotopic (exact) mass is 279 g/mol. The molecule has 1 heterocycles. The van der Waals surface area contributed by atoms with Crippen molar-refractivity contribution in [1.29, 1.82) is 0 Å². The largest absolute Gasteiger partial charge is 0.378 e. The van der Waals surface area contributed by atoms with Gasteiger partial charge in [-0.1, -0.05) is 6.92 Å². The van der Waals surface area contributed by atoms with Crippen LogP contribution in [0.15, 0.2) is 12.4 Å². The Hall–Kier alpha value is -0.870. The van der Waals surface area contributed by atoms with Crippen molar-refractivity contribution in [3.8, 4) is 0 Å². The summed E-state index contributed by atoms with van der Waals surface area (Å²) in [5, 5.41) is 8.09. The summed E-state index contributed by atoms with van der Waals surface area (Å²) in [6, 6.07) is 0.447. The molecular weight excluding hydrogens is 250 g/mol. The Kier molecular flexibility index (Phi) is 6.05. The van der Waals surface area contributed by atoms with Crippen molar-refractivity contribution in [2.75, 3.05) is 13.2 Å². The van der Waals surface area contributed by atoms with Crippen LogP contribution in [-0.2, 0) is 11.3 Å². The van der Waals surface area contributed by atoms with Gasteiger partial charge < -0.3 is 10.1 Å². The molecule has 1 fully saturated rings. The van der Waals surface area contributed by atoms with Gasteiger partial charge in [-0.15, -0.1) is 0 Å². The molecule has 1 aliphatic carbocycles. The number of hydrogen-bond donors (Lipinski definition) is 1. The highest BCUT2D eigenvalue weighted by molar-refractivity contribution is 5.11. The number of hydrogen-bond acceptors (Lipinski definition) is 3. The lowest BCUT2D eigenvalue weighted by atomic mass is 9.77. The molecule has 1 aromatic rings. The van der Waals surface area contributed by atoms with E-state index in [1.807, 2.05) is 10.9 Å². The molecule has 1 atom stereocenters. The standard InChI is InChI=1S/C16H29N3O/c1-4-7-17-16(14-11-18-19(5-2)12-14)10-13-8-15(9-13)20-6-3/h11-13,15-17H,4-10H2,1-3H3. The number of aryl methyl sites for hydroxylation is 1. The summed E-state index contributed by atoms with van der Waals surface area (Å²) in [6.07, 6.45) is 9.54. The fourth-order valence-electron chi connectivity index (χ4n) is 2.96. The van der Waals surface area contributed by atoms with E-state index in [4.69, 9.17) is 4.74 Å². The van der Waals surface area contributed by atoms with Gasteiger partial charge in [0.25, 0.3) is 0 Å².